The average molecular weight is 258 g/mol. The van der Waals surface area contributed by atoms with Gasteiger partial charge < -0.3 is 10.1 Å². The molecule has 0 aliphatic carbocycles. The lowest BCUT2D eigenvalue weighted by molar-refractivity contribution is 0.196. The van der Waals surface area contributed by atoms with Crippen LogP contribution in [0.15, 0.2) is 29.2 Å². The van der Waals surface area contributed by atoms with Crippen molar-refractivity contribution in [2.45, 2.75) is 17.9 Å². The Labute approximate surface area is 102 Å². The summed E-state index contributed by atoms with van der Waals surface area (Å²) in [4.78, 5) is 0.135. The molecule has 17 heavy (non-hydrogen) atoms. The Morgan fingerprint density at radius 2 is 2.18 bits per heavy atom. The van der Waals surface area contributed by atoms with Crippen molar-refractivity contribution in [2.75, 3.05) is 20.3 Å². The van der Waals surface area contributed by atoms with Gasteiger partial charge in [0.25, 0.3) is 0 Å². The number of rotatable bonds is 6. The number of hydrogen-bond donors (Lipinski definition) is 2. The van der Waals surface area contributed by atoms with E-state index in [1.807, 2.05) is 13.0 Å². The van der Waals surface area contributed by atoms with Crippen LogP contribution in [0.2, 0.25) is 0 Å². The topological polar surface area (TPSA) is 81.4 Å². The molecule has 1 aromatic carbocycles. The highest BCUT2D eigenvalue weighted by molar-refractivity contribution is 7.89. The number of sulfonamides is 1. The third kappa shape index (κ3) is 4.43. The van der Waals surface area contributed by atoms with E-state index >= 15 is 0 Å². The van der Waals surface area contributed by atoms with E-state index in [1.54, 1.807) is 19.2 Å². The average Bonchev–Trinajstić information content (AvgIpc) is 2.28. The second-order valence-corrected chi connectivity index (χ2v) is 5.35. The second kappa shape index (κ2) is 6.11. The van der Waals surface area contributed by atoms with Gasteiger partial charge in [-0.2, -0.15) is 0 Å². The monoisotopic (exact) mass is 258 g/mol. The Kier molecular flexibility index (Phi) is 5.07. The summed E-state index contributed by atoms with van der Waals surface area (Å²) in [5.41, 5.74) is 0.882. The van der Waals surface area contributed by atoms with Gasteiger partial charge in [-0.1, -0.05) is 12.1 Å². The van der Waals surface area contributed by atoms with Crippen molar-refractivity contribution >= 4 is 10.0 Å². The standard InChI is InChI=1S/C11H18N2O3S/c1-9(13-6-7-16-2)10-4-3-5-11(8-10)17(12,14)15/h3-5,8-9,13H,6-7H2,1-2H3,(H2,12,14,15). The Morgan fingerprint density at radius 1 is 1.47 bits per heavy atom. The van der Waals surface area contributed by atoms with Crippen LogP contribution in [0.1, 0.15) is 18.5 Å². The number of methoxy groups -OCH3 is 1. The molecule has 0 saturated heterocycles. The summed E-state index contributed by atoms with van der Waals surface area (Å²) in [6, 6.07) is 6.66. The third-order valence-corrected chi connectivity index (χ3v) is 3.35. The molecule has 1 aromatic rings. The summed E-state index contributed by atoms with van der Waals surface area (Å²) in [5.74, 6) is 0. The van der Waals surface area contributed by atoms with E-state index < -0.39 is 10.0 Å². The highest BCUT2D eigenvalue weighted by Gasteiger charge is 2.10. The minimum Gasteiger partial charge on any atom is -0.383 e. The highest BCUT2D eigenvalue weighted by atomic mass is 32.2. The van der Waals surface area contributed by atoms with Crippen LogP contribution < -0.4 is 10.5 Å². The predicted octanol–water partition coefficient (Wildman–Crippen LogP) is 0.631. The van der Waals surface area contributed by atoms with Crippen LogP contribution in [0, 0.1) is 0 Å². The van der Waals surface area contributed by atoms with E-state index in [0.29, 0.717) is 13.2 Å². The molecule has 0 aliphatic heterocycles. The van der Waals surface area contributed by atoms with E-state index in [2.05, 4.69) is 5.32 Å². The molecule has 0 spiro atoms. The van der Waals surface area contributed by atoms with E-state index in [9.17, 15) is 8.42 Å². The molecule has 0 radical (unpaired) electrons. The van der Waals surface area contributed by atoms with Crippen LogP contribution in [0.4, 0.5) is 0 Å². The first kappa shape index (κ1) is 14.1. The van der Waals surface area contributed by atoms with E-state index in [1.165, 1.54) is 6.07 Å². The van der Waals surface area contributed by atoms with Crippen molar-refractivity contribution in [2.24, 2.45) is 5.14 Å². The third-order valence-electron chi connectivity index (χ3n) is 2.44. The lowest BCUT2D eigenvalue weighted by atomic mass is 10.1. The Bertz CT molecular complexity index is 460. The fourth-order valence-corrected chi connectivity index (χ4v) is 2.02. The van der Waals surface area contributed by atoms with Crippen molar-refractivity contribution in [3.05, 3.63) is 29.8 Å². The molecule has 1 unspecified atom stereocenters. The van der Waals surface area contributed by atoms with E-state index in [-0.39, 0.29) is 10.9 Å². The molecule has 96 valence electrons. The fraction of sp³-hybridized carbons (Fsp3) is 0.455. The van der Waals surface area contributed by atoms with Crippen LogP contribution >= 0.6 is 0 Å². The number of ether oxygens (including phenoxy) is 1. The van der Waals surface area contributed by atoms with Crippen LogP contribution in [0.5, 0.6) is 0 Å². The van der Waals surface area contributed by atoms with E-state index in [4.69, 9.17) is 9.88 Å². The Balaban J connectivity index is 2.78. The van der Waals surface area contributed by atoms with Crippen LogP contribution in [-0.4, -0.2) is 28.7 Å². The fourth-order valence-electron chi connectivity index (χ4n) is 1.46. The predicted molar refractivity (Wildman–Crippen MR) is 66.1 cm³/mol. The first-order chi connectivity index (χ1) is 7.95. The van der Waals surface area contributed by atoms with Crippen LogP contribution in [0.3, 0.4) is 0 Å². The lowest BCUT2D eigenvalue weighted by Gasteiger charge is -2.14. The van der Waals surface area contributed by atoms with Crippen LogP contribution in [0.25, 0.3) is 0 Å². The minimum absolute atomic E-state index is 0.0480. The Hall–Kier alpha value is -0.950. The quantitative estimate of drug-likeness (QED) is 0.733. The molecule has 5 nitrogen and oxygen atoms in total. The molecule has 0 amide bonds. The SMILES string of the molecule is COCCNC(C)c1cccc(S(N)(=O)=O)c1. The van der Waals surface area contributed by atoms with Gasteiger partial charge in [-0.05, 0) is 24.6 Å². The summed E-state index contributed by atoms with van der Waals surface area (Å²) in [5, 5.41) is 8.30. The smallest absolute Gasteiger partial charge is 0.238 e. The van der Waals surface area contributed by atoms with Gasteiger partial charge in [0, 0.05) is 19.7 Å². The largest absolute Gasteiger partial charge is 0.383 e. The van der Waals surface area contributed by atoms with Gasteiger partial charge in [-0.15, -0.1) is 0 Å². The minimum atomic E-state index is -3.64. The van der Waals surface area contributed by atoms with Crippen molar-refractivity contribution in [1.82, 2.24) is 5.32 Å². The van der Waals surface area contributed by atoms with Gasteiger partial charge in [0.2, 0.25) is 10.0 Å². The van der Waals surface area contributed by atoms with Crippen LogP contribution in [-0.2, 0) is 14.8 Å². The first-order valence-electron chi connectivity index (χ1n) is 5.30. The summed E-state index contributed by atoms with van der Waals surface area (Å²) < 4.78 is 27.3. The Morgan fingerprint density at radius 3 is 2.76 bits per heavy atom. The molecule has 0 heterocycles. The molecule has 1 atom stereocenters. The summed E-state index contributed by atoms with van der Waals surface area (Å²) in [7, 11) is -2.00. The normalized spacial score (nSPS) is 13.6. The lowest BCUT2D eigenvalue weighted by Crippen LogP contribution is -2.23. The molecular formula is C11H18N2O3S. The van der Waals surface area contributed by atoms with Gasteiger partial charge in [0.1, 0.15) is 0 Å². The van der Waals surface area contributed by atoms with Gasteiger partial charge in [-0.25, -0.2) is 13.6 Å². The zero-order chi connectivity index (χ0) is 12.9. The summed E-state index contributed by atoms with van der Waals surface area (Å²) in [6.07, 6.45) is 0. The molecule has 0 aromatic heterocycles. The summed E-state index contributed by atoms with van der Waals surface area (Å²) in [6.45, 7) is 3.27. The molecule has 3 N–H and O–H groups in total. The van der Waals surface area contributed by atoms with Gasteiger partial charge in [0.15, 0.2) is 0 Å². The molecule has 1 rings (SSSR count). The second-order valence-electron chi connectivity index (χ2n) is 3.79. The first-order valence-corrected chi connectivity index (χ1v) is 6.85. The molecule has 0 fully saturated rings. The molecule has 0 bridgehead atoms. The number of primary sulfonamides is 1. The number of hydrogen-bond acceptors (Lipinski definition) is 4. The van der Waals surface area contributed by atoms with Gasteiger partial charge in [-0.3, -0.25) is 0 Å². The summed E-state index contributed by atoms with van der Waals surface area (Å²) >= 11 is 0. The molecule has 0 saturated carbocycles. The molecule has 0 aliphatic rings. The van der Waals surface area contributed by atoms with Crippen molar-refractivity contribution in [3.63, 3.8) is 0 Å². The van der Waals surface area contributed by atoms with Crippen molar-refractivity contribution in [3.8, 4) is 0 Å². The number of benzene rings is 1. The maximum Gasteiger partial charge on any atom is 0.238 e. The van der Waals surface area contributed by atoms with Gasteiger partial charge in [0.05, 0.1) is 11.5 Å². The van der Waals surface area contributed by atoms with Crippen molar-refractivity contribution < 1.29 is 13.2 Å². The van der Waals surface area contributed by atoms with Crippen molar-refractivity contribution in [1.29, 1.82) is 0 Å². The van der Waals surface area contributed by atoms with E-state index in [0.717, 1.165) is 5.56 Å². The number of nitrogens with two attached hydrogens (primary N) is 1. The number of nitrogens with one attached hydrogen (secondary N) is 1. The maximum atomic E-state index is 11.2. The zero-order valence-electron chi connectivity index (χ0n) is 10.0. The molecule has 6 heteroatoms. The molecular weight excluding hydrogens is 240 g/mol. The maximum absolute atomic E-state index is 11.2. The van der Waals surface area contributed by atoms with Gasteiger partial charge >= 0.3 is 0 Å². The highest BCUT2D eigenvalue weighted by Crippen LogP contribution is 2.16. The zero-order valence-corrected chi connectivity index (χ0v) is 10.8.